The standard InChI is InChI=1S/C14H16N4O4S/c1-22-10-5-3-9(4-6-10)14(19)15-13-11-7-18(23(2,20)21)8-12(11)16-17-13/h3-6H,7-8H2,1-2H3,(H2,15,16,17,19). The number of nitrogens with zero attached hydrogens (tertiary/aromatic N) is 2. The number of H-pyrrole nitrogens is 1. The second kappa shape index (κ2) is 5.67. The number of benzene rings is 1. The van der Waals surface area contributed by atoms with E-state index in [9.17, 15) is 13.2 Å². The van der Waals surface area contributed by atoms with Crippen LogP contribution in [0.4, 0.5) is 5.82 Å². The number of hydrogen-bond acceptors (Lipinski definition) is 5. The van der Waals surface area contributed by atoms with Crippen LogP contribution in [0.2, 0.25) is 0 Å². The maximum Gasteiger partial charge on any atom is 0.256 e. The van der Waals surface area contributed by atoms with Gasteiger partial charge in [0.15, 0.2) is 5.82 Å². The van der Waals surface area contributed by atoms with E-state index in [-0.39, 0.29) is 19.0 Å². The molecule has 2 N–H and O–H groups in total. The summed E-state index contributed by atoms with van der Waals surface area (Å²) in [4.78, 5) is 12.3. The average molecular weight is 336 g/mol. The fourth-order valence-electron chi connectivity index (χ4n) is 2.37. The van der Waals surface area contributed by atoms with Crippen LogP contribution in [0.15, 0.2) is 24.3 Å². The van der Waals surface area contributed by atoms with Crippen molar-refractivity contribution in [3.8, 4) is 5.75 Å². The third kappa shape index (κ3) is 3.06. The molecule has 1 aromatic heterocycles. The van der Waals surface area contributed by atoms with Crippen molar-refractivity contribution >= 4 is 21.7 Å². The Morgan fingerprint density at radius 1 is 1.30 bits per heavy atom. The van der Waals surface area contributed by atoms with Crippen LogP contribution in [0.25, 0.3) is 0 Å². The Kier molecular flexibility index (Phi) is 3.82. The quantitative estimate of drug-likeness (QED) is 0.865. The largest absolute Gasteiger partial charge is 0.497 e. The van der Waals surface area contributed by atoms with Gasteiger partial charge in [-0.2, -0.15) is 9.40 Å². The summed E-state index contributed by atoms with van der Waals surface area (Å²) in [7, 11) is -1.74. The van der Waals surface area contributed by atoms with Crippen molar-refractivity contribution in [1.82, 2.24) is 14.5 Å². The van der Waals surface area contributed by atoms with E-state index in [4.69, 9.17) is 4.74 Å². The van der Waals surface area contributed by atoms with Crippen molar-refractivity contribution in [1.29, 1.82) is 0 Å². The van der Waals surface area contributed by atoms with Gasteiger partial charge in [-0.1, -0.05) is 0 Å². The fourth-order valence-corrected chi connectivity index (χ4v) is 3.10. The lowest BCUT2D eigenvalue weighted by molar-refractivity contribution is 0.102. The lowest BCUT2D eigenvalue weighted by Gasteiger charge is -2.11. The number of fused-ring (bicyclic) bond motifs is 1. The average Bonchev–Trinajstić information content (AvgIpc) is 3.09. The number of aromatic amines is 1. The first-order valence-corrected chi connectivity index (χ1v) is 8.70. The predicted octanol–water partition coefficient (Wildman–Crippen LogP) is 0.946. The van der Waals surface area contributed by atoms with Crippen LogP contribution in [-0.4, -0.2) is 42.2 Å². The molecule has 0 saturated carbocycles. The van der Waals surface area contributed by atoms with Gasteiger partial charge in [-0.3, -0.25) is 9.89 Å². The van der Waals surface area contributed by atoms with Crippen molar-refractivity contribution in [2.45, 2.75) is 13.1 Å². The zero-order valence-electron chi connectivity index (χ0n) is 12.7. The normalized spacial score (nSPS) is 14.5. The van der Waals surface area contributed by atoms with Gasteiger partial charge in [0, 0.05) is 17.7 Å². The number of carbonyl (C=O) groups excluding carboxylic acids is 1. The Balaban J connectivity index is 1.76. The number of ether oxygens (including phenoxy) is 1. The zero-order valence-corrected chi connectivity index (χ0v) is 13.5. The van der Waals surface area contributed by atoms with E-state index >= 15 is 0 Å². The van der Waals surface area contributed by atoms with E-state index in [1.165, 1.54) is 4.31 Å². The number of amides is 1. The number of anilines is 1. The summed E-state index contributed by atoms with van der Waals surface area (Å²) in [5, 5.41) is 9.53. The highest BCUT2D eigenvalue weighted by molar-refractivity contribution is 7.88. The van der Waals surface area contributed by atoms with Crippen LogP contribution < -0.4 is 10.1 Å². The van der Waals surface area contributed by atoms with Crippen LogP contribution in [0, 0.1) is 0 Å². The van der Waals surface area contributed by atoms with Gasteiger partial charge in [-0.15, -0.1) is 0 Å². The lowest BCUT2D eigenvalue weighted by atomic mass is 10.2. The van der Waals surface area contributed by atoms with Crippen LogP contribution in [0.5, 0.6) is 5.75 Å². The second-order valence-corrected chi connectivity index (χ2v) is 7.23. The van der Waals surface area contributed by atoms with Crippen LogP contribution in [0.1, 0.15) is 21.6 Å². The van der Waals surface area contributed by atoms with Gasteiger partial charge in [-0.25, -0.2) is 8.42 Å². The molecule has 1 amide bonds. The monoisotopic (exact) mass is 336 g/mol. The minimum absolute atomic E-state index is 0.197. The molecular formula is C14H16N4O4S. The van der Waals surface area contributed by atoms with Crippen LogP contribution in [-0.2, 0) is 23.1 Å². The summed E-state index contributed by atoms with van der Waals surface area (Å²) in [5.41, 5.74) is 1.85. The highest BCUT2D eigenvalue weighted by atomic mass is 32.2. The Morgan fingerprint density at radius 2 is 2.00 bits per heavy atom. The minimum Gasteiger partial charge on any atom is -0.497 e. The molecule has 0 bridgehead atoms. The summed E-state index contributed by atoms with van der Waals surface area (Å²) in [6, 6.07) is 6.66. The van der Waals surface area contributed by atoms with Gasteiger partial charge in [0.2, 0.25) is 10.0 Å². The van der Waals surface area contributed by atoms with Gasteiger partial charge in [0.1, 0.15) is 5.75 Å². The molecule has 8 nitrogen and oxygen atoms in total. The first-order chi connectivity index (χ1) is 10.9. The third-order valence-electron chi connectivity index (χ3n) is 3.67. The highest BCUT2D eigenvalue weighted by Crippen LogP contribution is 2.28. The molecule has 0 saturated heterocycles. The zero-order chi connectivity index (χ0) is 16.6. The van der Waals surface area contributed by atoms with Crippen molar-refractivity contribution < 1.29 is 17.9 Å². The number of rotatable bonds is 4. The summed E-state index contributed by atoms with van der Waals surface area (Å²) in [6.45, 7) is 0.433. The number of methoxy groups -OCH3 is 1. The summed E-state index contributed by atoms with van der Waals surface area (Å²) in [6.07, 6.45) is 1.15. The molecule has 3 rings (SSSR count). The Labute approximate surface area is 133 Å². The number of nitrogens with one attached hydrogen (secondary N) is 2. The van der Waals surface area contributed by atoms with E-state index in [1.807, 2.05) is 0 Å². The van der Waals surface area contributed by atoms with Crippen molar-refractivity contribution in [3.05, 3.63) is 41.1 Å². The van der Waals surface area contributed by atoms with Gasteiger partial charge < -0.3 is 10.1 Å². The smallest absolute Gasteiger partial charge is 0.256 e. The lowest BCUT2D eigenvalue weighted by Crippen LogP contribution is -2.24. The van der Waals surface area contributed by atoms with Crippen molar-refractivity contribution in [2.75, 3.05) is 18.7 Å². The van der Waals surface area contributed by atoms with Gasteiger partial charge in [-0.05, 0) is 24.3 Å². The number of carbonyl (C=O) groups is 1. The number of sulfonamides is 1. The predicted molar refractivity (Wildman–Crippen MR) is 83.6 cm³/mol. The van der Waals surface area contributed by atoms with E-state index in [0.717, 1.165) is 6.26 Å². The molecule has 0 fully saturated rings. The van der Waals surface area contributed by atoms with Crippen molar-refractivity contribution in [2.24, 2.45) is 0 Å². The molecule has 0 spiro atoms. The number of aromatic nitrogens is 2. The first kappa shape index (κ1) is 15.5. The summed E-state index contributed by atoms with van der Waals surface area (Å²) in [5.74, 6) is 0.692. The van der Waals surface area contributed by atoms with Crippen LogP contribution in [0.3, 0.4) is 0 Å². The fraction of sp³-hybridized carbons (Fsp3) is 0.286. The molecule has 2 aromatic rings. The van der Waals surface area contributed by atoms with Gasteiger partial charge >= 0.3 is 0 Å². The Hall–Kier alpha value is -2.39. The molecule has 2 heterocycles. The SMILES string of the molecule is COc1ccc(C(=O)Nc2n[nH]c3c2CN(S(C)(=O)=O)C3)cc1. The van der Waals surface area contributed by atoms with Gasteiger partial charge in [0.05, 0.1) is 25.6 Å². The molecule has 0 radical (unpaired) electrons. The third-order valence-corrected chi connectivity index (χ3v) is 4.87. The minimum atomic E-state index is -3.29. The molecular weight excluding hydrogens is 320 g/mol. The molecule has 1 aliphatic heterocycles. The van der Waals surface area contributed by atoms with Crippen LogP contribution >= 0.6 is 0 Å². The summed E-state index contributed by atoms with van der Waals surface area (Å²) < 4.78 is 29.6. The van der Waals surface area contributed by atoms with E-state index in [2.05, 4.69) is 15.5 Å². The van der Waals surface area contributed by atoms with Crippen molar-refractivity contribution in [3.63, 3.8) is 0 Å². The molecule has 1 aliphatic rings. The van der Waals surface area contributed by atoms with E-state index < -0.39 is 10.0 Å². The number of hydrogen-bond donors (Lipinski definition) is 2. The van der Waals surface area contributed by atoms with E-state index in [1.54, 1.807) is 31.4 Å². The first-order valence-electron chi connectivity index (χ1n) is 6.85. The molecule has 122 valence electrons. The summed E-state index contributed by atoms with van der Waals surface area (Å²) >= 11 is 0. The highest BCUT2D eigenvalue weighted by Gasteiger charge is 2.30. The molecule has 0 atom stereocenters. The molecule has 0 unspecified atom stereocenters. The Bertz CT molecular complexity index is 842. The van der Waals surface area contributed by atoms with Gasteiger partial charge in [0.25, 0.3) is 5.91 Å². The molecule has 0 aliphatic carbocycles. The maximum atomic E-state index is 12.3. The Morgan fingerprint density at radius 3 is 2.61 bits per heavy atom. The molecule has 9 heteroatoms. The second-order valence-electron chi connectivity index (χ2n) is 5.24. The maximum absolute atomic E-state index is 12.3. The molecule has 1 aromatic carbocycles. The topological polar surface area (TPSA) is 104 Å². The molecule has 23 heavy (non-hydrogen) atoms. The van der Waals surface area contributed by atoms with E-state index in [0.29, 0.717) is 28.4 Å².